The van der Waals surface area contributed by atoms with Gasteiger partial charge in [0.1, 0.15) is 11.6 Å². The van der Waals surface area contributed by atoms with E-state index in [1.165, 1.54) is 6.42 Å². The lowest BCUT2D eigenvalue weighted by Crippen LogP contribution is -2.35. The van der Waals surface area contributed by atoms with Crippen molar-refractivity contribution in [2.75, 3.05) is 25.0 Å². The number of anilines is 1. The Morgan fingerprint density at radius 1 is 1.06 bits per heavy atom. The van der Waals surface area contributed by atoms with Crippen molar-refractivity contribution < 1.29 is 19.4 Å². The van der Waals surface area contributed by atoms with Crippen molar-refractivity contribution in [1.29, 1.82) is 5.41 Å². The molecule has 0 aromatic heterocycles. The molecule has 1 unspecified atom stereocenters. The number of nitrogens with zero attached hydrogens (tertiary/aromatic N) is 1. The number of fused-ring (bicyclic) bond motifs is 1. The molecule has 0 spiro atoms. The van der Waals surface area contributed by atoms with Gasteiger partial charge in [-0.25, -0.2) is 0 Å². The van der Waals surface area contributed by atoms with Gasteiger partial charge in [0, 0.05) is 35.8 Å². The monoisotopic (exact) mass is 421 g/mol. The number of carbonyl (C=O) groups excluding carboxylic acids is 1. The van der Waals surface area contributed by atoms with Crippen LogP contribution in [0.3, 0.4) is 0 Å². The fourth-order valence-corrected chi connectivity index (χ4v) is 4.17. The predicted molar refractivity (Wildman–Crippen MR) is 118 cm³/mol. The van der Waals surface area contributed by atoms with Gasteiger partial charge in [-0.3, -0.25) is 15.0 Å². The molecule has 0 bridgehead atoms. The number of piperidine rings is 1. The van der Waals surface area contributed by atoms with E-state index in [4.69, 9.17) is 15.3 Å². The van der Waals surface area contributed by atoms with Gasteiger partial charge in [-0.2, -0.15) is 0 Å². The number of carbonyl (C=O) groups is 2. The first kappa shape index (κ1) is 20.9. The van der Waals surface area contributed by atoms with Gasteiger partial charge in [0.25, 0.3) is 5.91 Å². The van der Waals surface area contributed by atoms with Crippen molar-refractivity contribution >= 4 is 23.4 Å². The highest BCUT2D eigenvalue weighted by Gasteiger charge is 2.23. The zero-order chi connectivity index (χ0) is 21.8. The third-order valence-electron chi connectivity index (χ3n) is 5.86. The summed E-state index contributed by atoms with van der Waals surface area (Å²) in [6.07, 6.45) is 4.19. The van der Waals surface area contributed by atoms with E-state index in [1.54, 1.807) is 12.1 Å². The van der Waals surface area contributed by atoms with Gasteiger partial charge in [0.2, 0.25) is 0 Å². The minimum atomic E-state index is -0.829. The molecule has 1 saturated heterocycles. The number of carboxylic acid groups (broad SMARTS) is 1. The molecule has 31 heavy (non-hydrogen) atoms. The second kappa shape index (κ2) is 9.20. The third-order valence-corrected chi connectivity index (χ3v) is 5.86. The molecule has 0 aliphatic carbocycles. The average molecular weight is 421 g/mol. The zero-order valence-corrected chi connectivity index (χ0v) is 17.4. The second-order valence-corrected chi connectivity index (χ2v) is 8.23. The molecule has 1 amide bonds. The number of hydrogen-bond acceptors (Lipinski definition) is 4. The number of amides is 1. The number of nitrogens with one attached hydrogen (secondary N) is 2. The highest BCUT2D eigenvalue weighted by molar-refractivity contribution is 6.05. The molecule has 1 fully saturated rings. The normalized spacial score (nSPS) is 17.9. The van der Waals surface area contributed by atoms with Gasteiger partial charge in [-0.05, 0) is 67.6 Å². The van der Waals surface area contributed by atoms with Crippen LogP contribution >= 0.6 is 0 Å². The lowest BCUT2D eigenvalue weighted by molar-refractivity contribution is -0.138. The predicted octanol–water partition coefficient (Wildman–Crippen LogP) is 3.78. The van der Waals surface area contributed by atoms with Crippen LogP contribution in [0.1, 0.15) is 47.2 Å². The zero-order valence-electron chi connectivity index (χ0n) is 17.4. The number of likely N-dealkylation sites (tertiary alicyclic amines) is 1. The summed E-state index contributed by atoms with van der Waals surface area (Å²) in [5.41, 5.74) is 2.92. The summed E-state index contributed by atoms with van der Waals surface area (Å²) in [4.78, 5) is 25.7. The lowest BCUT2D eigenvalue weighted by atomic mass is 9.93. The maximum Gasteiger partial charge on any atom is 0.303 e. The first-order chi connectivity index (χ1) is 15.0. The van der Waals surface area contributed by atoms with E-state index >= 15 is 0 Å². The minimum Gasteiger partial charge on any atom is -0.493 e. The van der Waals surface area contributed by atoms with Crippen LogP contribution < -0.4 is 10.1 Å². The Bertz CT molecular complexity index is 981. The SMILES string of the molecule is N=C(c1ccc(NC(=O)c2ccc3c(c2)OCC(CC(=O)O)C3)cc1)N1CCCCC1. The van der Waals surface area contributed by atoms with Crippen LogP contribution in [0.25, 0.3) is 0 Å². The summed E-state index contributed by atoms with van der Waals surface area (Å²) >= 11 is 0. The van der Waals surface area contributed by atoms with Gasteiger partial charge in [-0.15, -0.1) is 0 Å². The Morgan fingerprint density at radius 3 is 2.48 bits per heavy atom. The highest BCUT2D eigenvalue weighted by Crippen LogP contribution is 2.30. The molecule has 2 aliphatic heterocycles. The molecule has 3 N–H and O–H groups in total. The molecule has 2 aliphatic rings. The second-order valence-electron chi connectivity index (χ2n) is 8.23. The topological polar surface area (TPSA) is 103 Å². The van der Waals surface area contributed by atoms with E-state index < -0.39 is 5.97 Å². The smallest absolute Gasteiger partial charge is 0.303 e. The summed E-state index contributed by atoms with van der Waals surface area (Å²) in [6, 6.07) is 12.6. The average Bonchev–Trinajstić information content (AvgIpc) is 2.79. The van der Waals surface area contributed by atoms with Crippen LogP contribution in [0.15, 0.2) is 42.5 Å². The van der Waals surface area contributed by atoms with Crippen molar-refractivity contribution in [2.45, 2.75) is 32.1 Å². The van der Waals surface area contributed by atoms with Crippen LogP contribution in [-0.2, 0) is 11.2 Å². The van der Waals surface area contributed by atoms with E-state index in [1.807, 2.05) is 30.3 Å². The molecule has 2 heterocycles. The number of rotatable bonds is 5. The molecule has 0 saturated carbocycles. The lowest BCUT2D eigenvalue weighted by Gasteiger charge is -2.29. The first-order valence-corrected chi connectivity index (χ1v) is 10.7. The quantitative estimate of drug-likeness (QED) is 0.504. The summed E-state index contributed by atoms with van der Waals surface area (Å²) in [7, 11) is 0. The van der Waals surface area contributed by atoms with Gasteiger partial charge < -0.3 is 20.1 Å². The van der Waals surface area contributed by atoms with Crippen LogP contribution in [0.4, 0.5) is 5.69 Å². The minimum absolute atomic E-state index is 0.0492. The summed E-state index contributed by atoms with van der Waals surface area (Å²) in [5.74, 6) is 0.0557. The molecule has 7 nitrogen and oxygen atoms in total. The maximum atomic E-state index is 12.7. The number of hydrogen-bond donors (Lipinski definition) is 3. The summed E-state index contributed by atoms with van der Waals surface area (Å²) in [6.45, 7) is 2.19. The molecule has 1 atom stereocenters. The van der Waals surface area contributed by atoms with Crippen molar-refractivity contribution in [2.24, 2.45) is 5.92 Å². The van der Waals surface area contributed by atoms with Crippen molar-refractivity contribution in [1.82, 2.24) is 4.90 Å². The third kappa shape index (κ3) is 5.05. The first-order valence-electron chi connectivity index (χ1n) is 10.7. The Kier molecular flexibility index (Phi) is 6.21. The summed E-state index contributed by atoms with van der Waals surface area (Å²) in [5, 5.41) is 20.3. The standard InChI is InChI=1S/C24H27N3O4/c25-23(27-10-2-1-3-11-27)17-6-8-20(9-7-17)26-24(30)19-5-4-18-12-16(13-22(28)29)15-31-21(18)14-19/h4-9,14,16,25H,1-3,10-13,15H2,(H,26,30)(H,28,29). The Hall–Kier alpha value is -3.35. The van der Waals surface area contributed by atoms with Crippen LogP contribution in [-0.4, -0.2) is 47.4 Å². The molecule has 0 radical (unpaired) electrons. The Labute approximate surface area is 181 Å². The fraction of sp³-hybridized carbons (Fsp3) is 0.375. The van der Waals surface area contributed by atoms with Gasteiger partial charge in [-0.1, -0.05) is 6.07 Å². The highest BCUT2D eigenvalue weighted by atomic mass is 16.5. The largest absolute Gasteiger partial charge is 0.493 e. The molecule has 2 aromatic carbocycles. The summed E-state index contributed by atoms with van der Waals surface area (Å²) < 4.78 is 5.71. The van der Waals surface area contributed by atoms with Crippen LogP contribution in [0.5, 0.6) is 5.75 Å². The number of benzene rings is 2. The molecule has 2 aromatic rings. The molecule has 7 heteroatoms. The van der Waals surface area contributed by atoms with E-state index in [0.717, 1.165) is 37.1 Å². The van der Waals surface area contributed by atoms with E-state index in [0.29, 0.717) is 35.9 Å². The van der Waals surface area contributed by atoms with Gasteiger partial charge in [0.15, 0.2) is 0 Å². The molecule has 162 valence electrons. The van der Waals surface area contributed by atoms with E-state index in [2.05, 4.69) is 10.2 Å². The number of aliphatic carboxylic acids is 1. The van der Waals surface area contributed by atoms with Crippen molar-refractivity contribution in [3.8, 4) is 5.75 Å². The number of amidine groups is 1. The van der Waals surface area contributed by atoms with Crippen molar-refractivity contribution in [3.05, 3.63) is 59.2 Å². The molecular weight excluding hydrogens is 394 g/mol. The maximum absolute atomic E-state index is 12.7. The number of ether oxygens (including phenoxy) is 1. The van der Waals surface area contributed by atoms with Gasteiger partial charge in [0.05, 0.1) is 13.0 Å². The van der Waals surface area contributed by atoms with E-state index in [-0.39, 0.29) is 18.2 Å². The van der Waals surface area contributed by atoms with Crippen LogP contribution in [0.2, 0.25) is 0 Å². The molecular formula is C24H27N3O4. The Balaban J connectivity index is 1.38. The van der Waals surface area contributed by atoms with Gasteiger partial charge >= 0.3 is 5.97 Å². The van der Waals surface area contributed by atoms with Crippen molar-refractivity contribution in [3.63, 3.8) is 0 Å². The fourth-order valence-electron chi connectivity index (χ4n) is 4.17. The van der Waals surface area contributed by atoms with Crippen LogP contribution in [0, 0.1) is 11.3 Å². The Morgan fingerprint density at radius 2 is 1.77 bits per heavy atom. The number of carboxylic acids is 1. The van der Waals surface area contributed by atoms with E-state index in [9.17, 15) is 9.59 Å². The molecule has 4 rings (SSSR count).